The van der Waals surface area contributed by atoms with Crippen LogP contribution >= 0.6 is 0 Å². The van der Waals surface area contributed by atoms with Crippen LogP contribution in [0.3, 0.4) is 0 Å². The van der Waals surface area contributed by atoms with E-state index in [-0.39, 0.29) is 22.9 Å². The molecule has 0 heterocycles. The molecule has 0 bridgehead atoms. The summed E-state index contributed by atoms with van der Waals surface area (Å²) in [7, 11) is -2.10. The summed E-state index contributed by atoms with van der Waals surface area (Å²) in [5, 5.41) is 5.03. The van der Waals surface area contributed by atoms with Gasteiger partial charge < -0.3 is 15.4 Å². The van der Waals surface area contributed by atoms with E-state index in [4.69, 9.17) is 4.74 Å². The lowest BCUT2D eigenvalue weighted by Crippen LogP contribution is -2.23. The second-order valence-electron chi connectivity index (χ2n) is 5.81. The Morgan fingerprint density at radius 2 is 1.52 bits per heavy atom. The molecule has 0 aliphatic rings. The number of sulfonamides is 1. The van der Waals surface area contributed by atoms with Crippen molar-refractivity contribution in [2.75, 3.05) is 25.5 Å². The number of hydrogen-bond acceptors (Lipinski definition) is 6. The van der Waals surface area contributed by atoms with Gasteiger partial charge in [0.05, 0.1) is 10.5 Å². The number of carbonyl (C=O) groups is 3. The van der Waals surface area contributed by atoms with Gasteiger partial charge in [0.2, 0.25) is 10.0 Å². The summed E-state index contributed by atoms with van der Waals surface area (Å²) in [6, 6.07) is 11.4. The maximum Gasteiger partial charge on any atom is 0.338 e. The van der Waals surface area contributed by atoms with Crippen LogP contribution in [0.2, 0.25) is 0 Å². The third kappa shape index (κ3) is 6.13. The first-order valence-electron chi connectivity index (χ1n) is 8.65. The van der Waals surface area contributed by atoms with Crippen molar-refractivity contribution in [2.45, 2.75) is 11.8 Å². The molecule has 0 radical (unpaired) electrons. The number of rotatable bonds is 8. The first kappa shape index (κ1) is 22.1. The topological polar surface area (TPSA) is 131 Å². The van der Waals surface area contributed by atoms with Gasteiger partial charge in [-0.2, -0.15) is 0 Å². The molecule has 0 unspecified atom stereocenters. The molecule has 0 saturated heterocycles. The maximum atomic E-state index is 12.0. The van der Waals surface area contributed by atoms with Crippen molar-refractivity contribution >= 4 is 33.5 Å². The molecule has 2 aromatic rings. The van der Waals surface area contributed by atoms with Crippen LogP contribution in [0.15, 0.2) is 53.4 Å². The highest BCUT2D eigenvalue weighted by Crippen LogP contribution is 2.12. The lowest BCUT2D eigenvalue weighted by atomic mass is 10.2. The number of ether oxygens (including phenoxy) is 1. The molecule has 10 heteroatoms. The molecule has 0 aliphatic carbocycles. The van der Waals surface area contributed by atoms with Gasteiger partial charge in [-0.25, -0.2) is 17.9 Å². The summed E-state index contributed by atoms with van der Waals surface area (Å²) >= 11 is 0. The standard InChI is InChI=1S/C19H21N3O6S/c1-3-21-29(26,27)16-10-6-14(7-11-16)19(25)28-12-17(23)22-15-8-4-13(5-9-15)18(24)20-2/h4-11,21H,3,12H2,1-2H3,(H,20,24)(H,22,23). The van der Waals surface area contributed by atoms with Crippen LogP contribution in [0.5, 0.6) is 0 Å². The van der Waals surface area contributed by atoms with Gasteiger partial charge in [-0.05, 0) is 48.5 Å². The minimum Gasteiger partial charge on any atom is -0.452 e. The van der Waals surface area contributed by atoms with Crippen LogP contribution < -0.4 is 15.4 Å². The van der Waals surface area contributed by atoms with Gasteiger partial charge in [-0.3, -0.25) is 9.59 Å². The van der Waals surface area contributed by atoms with Gasteiger partial charge in [0.1, 0.15) is 0 Å². The van der Waals surface area contributed by atoms with Crippen LogP contribution in [-0.4, -0.2) is 46.4 Å². The fourth-order valence-electron chi connectivity index (χ4n) is 2.30. The Morgan fingerprint density at radius 1 is 0.931 bits per heavy atom. The molecule has 0 aliphatic heterocycles. The van der Waals surface area contributed by atoms with Gasteiger partial charge in [-0.15, -0.1) is 0 Å². The number of anilines is 1. The highest BCUT2D eigenvalue weighted by molar-refractivity contribution is 7.89. The Labute approximate surface area is 168 Å². The molecule has 0 fully saturated rings. The van der Waals surface area contributed by atoms with Gasteiger partial charge >= 0.3 is 5.97 Å². The number of carbonyl (C=O) groups excluding carboxylic acids is 3. The monoisotopic (exact) mass is 419 g/mol. The first-order valence-corrected chi connectivity index (χ1v) is 10.1. The van der Waals surface area contributed by atoms with Crippen molar-refractivity contribution in [3.05, 3.63) is 59.7 Å². The first-order chi connectivity index (χ1) is 13.8. The molecule has 0 aromatic heterocycles. The highest BCUT2D eigenvalue weighted by Gasteiger charge is 2.15. The lowest BCUT2D eigenvalue weighted by molar-refractivity contribution is -0.119. The second-order valence-corrected chi connectivity index (χ2v) is 7.57. The Bertz CT molecular complexity index is 986. The van der Waals surface area contributed by atoms with Gasteiger partial charge in [0.25, 0.3) is 11.8 Å². The Hall–Kier alpha value is -3.24. The summed E-state index contributed by atoms with van der Waals surface area (Å²) in [6.45, 7) is 1.38. The average molecular weight is 419 g/mol. The zero-order valence-corrected chi connectivity index (χ0v) is 16.7. The van der Waals surface area contributed by atoms with Crippen LogP contribution in [0.25, 0.3) is 0 Å². The minimum absolute atomic E-state index is 0.0221. The summed E-state index contributed by atoms with van der Waals surface area (Å²) in [5.74, 6) is -1.57. The van der Waals surface area contributed by atoms with Gasteiger partial charge in [0.15, 0.2) is 6.61 Å². The zero-order chi connectivity index (χ0) is 21.4. The summed E-state index contributed by atoms with van der Waals surface area (Å²) in [5.41, 5.74) is 0.997. The van der Waals surface area contributed by atoms with Crippen molar-refractivity contribution in [3.8, 4) is 0 Å². The molecular formula is C19H21N3O6S. The average Bonchev–Trinajstić information content (AvgIpc) is 2.72. The molecule has 9 nitrogen and oxygen atoms in total. The number of esters is 1. The van der Waals surface area contributed by atoms with E-state index in [9.17, 15) is 22.8 Å². The molecule has 2 aromatic carbocycles. The van der Waals surface area contributed by atoms with Crippen LogP contribution in [0.4, 0.5) is 5.69 Å². The largest absolute Gasteiger partial charge is 0.452 e. The van der Waals surface area contributed by atoms with E-state index in [0.29, 0.717) is 11.3 Å². The second kappa shape index (κ2) is 9.80. The lowest BCUT2D eigenvalue weighted by Gasteiger charge is -2.08. The van der Waals surface area contributed by atoms with Crippen molar-refractivity contribution in [1.29, 1.82) is 0 Å². The van der Waals surface area contributed by atoms with Crippen LogP contribution in [-0.2, 0) is 19.6 Å². The van der Waals surface area contributed by atoms with Gasteiger partial charge in [0, 0.05) is 24.8 Å². The van der Waals surface area contributed by atoms with Crippen molar-refractivity contribution in [3.63, 3.8) is 0 Å². The van der Waals surface area contributed by atoms with E-state index < -0.39 is 28.5 Å². The summed E-state index contributed by atoms with van der Waals surface area (Å²) in [6.07, 6.45) is 0. The molecule has 2 amide bonds. The smallest absolute Gasteiger partial charge is 0.338 e. The molecule has 0 atom stereocenters. The van der Waals surface area contributed by atoms with E-state index in [0.717, 1.165) is 0 Å². The fourth-order valence-corrected chi connectivity index (χ4v) is 3.35. The predicted molar refractivity (Wildman–Crippen MR) is 106 cm³/mol. The van der Waals surface area contributed by atoms with E-state index in [1.165, 1.54) is 31.3 Å². The number of hydrogen-bond donors (Lipinski definition) is 3. The molecule has 154 valence electrons. The quantitative estimate of drug-likeness (QED) is 0.550. The van der Waals surface area contributed by atoms with E-state index in [1.807, 2.05) is 0 Å². The third-order valence-electron chi connectivity index (χ3n) is 3.73. The number of amides is 2. The summed E-state index contributed by atoms with van der Waals surface area (Å²) < 4.78 is 31.0. The third-order valence-corrected chi connectivity index (χ3v) is 5.29. The van der Waals surface area contributed by atoms with E-state index >= 15 is 0 Å². The molecule has 29 heavy (non-hydrogen) atoms. The van der Waals surface area contributed by atoms with Crippen molar-refractivity contribution < 1.29 is 27.5 Å². The molecule has 0 spiro atoms. The maximum absolute atomic E-state index is 12.0. The summed E-state index contributed by atoms with van der Waals surface area (Å²) in [4.78, 5) is 35.5. The number of benzene rings is 2. The van der Waals surface area contributed by atoms with Crippen molar-refractivity contribution in [1.82, 2.24) is 10.0 Å². The van der Waals surface area contributed by atoms with E-state index in [2.05, 4.69) is 15.4 Å². The SMILES string of the molecule is CCNS(=O)(=O)c1ccc(C(=O)OCC(=O)Nc2ccc(C(=O)NC)cc2)cc1. The Kier molecular flexibility index (Phi) is 7.46. The van der Waals surface area contributed by atoms with Crippen LogP contribution in [0, 0.1) is 0 Å². The Balaban J connectivity index is 1.90. The molecule has 3 N–H and O–H groups in total. The van der Waals surface area contributed by atoms with E-state index in [1.54, 1.807) is 31.2 Å². The molecule has 2 rings (SSSR count). The highest BCUT2D eigenvalue weighted by atomic mass is 32.2. The predicted octanol–water partition coefficient (Wildman–Crippen LogP) is 1.14. The number of nitrogens with one attached hydrogen (secondary N) is 3. The van der Waals surface area contributed by atoms with Crippen molar-refractivity contribution in [2.24, 2.45) is 0 Å². The Morgan fingerprint density at radius 3 is 2.07 bits per heavy atom. The van der Waals surface area contributed by atoms with Gasteiger partial charge in [-0.1, -0.05) is 6.92 Å². The molecule has 0 saturated carbocycles. The minimum atomic E-state index is -3.61. The molecular weight excluding hydrogens is 398 g/mol. The zero-order valence-electron chi connectivity index (χ0n) is 15.9. The van der Waals surface area contributed by atoms with Crippen LogP contribution in [0.1, 0.15) is 27.6 Å². The normalized spacial score (nSPS) is 10.8. The fraction of sp³-hybridized carbons (Fsp3) is 0.211.